The fourth-order valence-electron chi connectivity index (χ4n) is 3.51. The number of aromatic nitrogens is 3. The lowest BCUT2D eigenvalue weighted by Gasteiger charge is -2.14. The van der Waals surface area contributed by atoms with Gasteiger partial charge in [0.1, 0.15) is 6.61 Å². The van der Waals surface area contributed by atoms with Gasteiger partial charge in [-0.1, -0.05) is 17.4 Å². The zero-order chi connectivity index (χ0) is 20.8. The summed E-state index contributed by atoms with van der Waals surface area (Å²) < 4.78 is 5.12. The summed E-state index contributed by atoms with van der Waals surface area (Å²) in [5, 5.41) is 14.6. The van der Waals surface area contributed by atoms with Crippen LogP contribution in [-0.2, 0) is 17.6 Å². The number of rotatable bonds is 4. The van der Waals surface area contributed by atoms with Gasteiger partial charge in [0.05, 0.1) is 27.2 Å². The molecule has 2 aromatic heterocycles. The maximum atomic E-state index is 12.1. The molecule has 1 aliphatic carbocycles. The van der Waals surface area contributed by atoms with Crippen molar-refractivity contribution in [2.24, 2.45) is 0 Å². The Morgan fingerprint density at radius 1 is 1.33 bits per heavy atom. The normalized spacial score (nSPS) is 17.3. The number of hydrogen-bond donors (Lipinski definition) is 1. The molecule has 3 heterocycles. The monoisotopic (exact) mass is 424 g/mol. The van der Waals surface area contributed by atoms with Gasteiger partial charge in [0.15, 0.2) is 5.13 Å². The van der Waals surface area contributed by atoms with Crippen molar-refractivity contribution in [3.63, 3.8) is 0 Å². The molecular weight excluding hydrogens is 408 g/mol. The number of nitrogens with one attached hydrogen (secondary N) is 1. The Labute approximate surface area is 174 Å². The first-order valence-corrected chi connectivity index (χ1v) is 10.1. The molecule has 10 nitrogen and oxygen atoms in total. The van der Waals surface area contributed by atoms with E-state index in [9.17, 15) is 14.9 Å². The van der Waals surface area contributed by atoms with Gasteiger partial charge in [-0.15, -0.1) is 0 Å². The molecule has 0 spiro atoms. The number of amides is 1. The van der Waals surface area contributed by atoms with Crippen molar-refractivity contribution >= 4 is 39.9 Å². The summed E-state index contributed by atoms with van der Waals surface area (Å²) in [6.07, 6.45) is 2.88. The first-order valence-electron chi connectivity index (χ1n) is 9.33. The first kappa shape index (κ1) is 18.4. The van der Waals surface area contributed by atoms with Crippen LogP contribution in [0.3, 0.4) is 0 Å². The molecule has 11 heteroatoms. The van der Waals surface area contributed by atoms with Crippen LogP contribution in [0.15, 0.2) is 30.5 Å². The van der Waals surface area contributed by atoms with Crippen LogP contribution in [0, 0.1) is 10.1 Å². The Bertz CT molecular complexity index is 1180. The van der Waals surface area contributed by atoms with Crippen molar-refractivity contribution in [1.82, 2.24) is 15.0 Å². The van der Waals surface area contributed by atoms with Crippen LogP contribution in [0.4, 0.5) is 27.2 Å². The van der Waals surface area contributed by atoms with Crippen LogP contribution in [0.5, 0.6) is 0 Å². The highest BCUT2D eigenvalue weighted by molar-refractivity contribution is 7.19. The SMILES string of the molecule is CC1COC(=O)N1c1nc2c(s1)-c1nc(Nc3cccc([N+](=O)[O-])c3)ncc1CC2. The van der Waals surface area contributed by atoms with Gasteiger partial charge in [0, 0.05) is 24.0 Å². The molecule has 0 saturated carbocycles. The Balaban J connectivity index is 1.48. The molecule has 1 aromatic carbocycles. The van der Waals surface area contributed by atoms with Crippen molar-refractivity contribution in [1.29, 1.82) is 0 Å². The molecule has 2 aliphatic rings. The van der Waals surface area contributed by atoms with Crippen LogP contribution in [0.1, 0.15) is 18.2 Å². The molecule has 1 aliphatic heterocycles. The number of non-ortho nitro benzene ring substituents is 1. The van der Waals surface area contributed by atoms with Gasteiger partial charge in [-0.2, -0.15) is 0 Å². The van der Waals surface area contributed by atoms with Crippen molar-refractivity contribution in [3.05, 3.63) is 51.8 Å². The van der Waals surface area contributed by atoms with Gasteiger partial charge >= 0.3 is 6.09 Å². The standard InChI is InChI=1S/C19H16N6O4S/c1-10-9-29-19(26)24(10)18-22-14-6-5-11-8-20-17(23-15(11)16(14)30-18)21-12-3-2-4-13(7-12)25(27)28/h2-4,7-8,10H,5-6,9H2,1H3,(H,20,21,23). The summed E-state index contributed by atoms with van der Waals surface area (Å²) in [4.78, 5) is 38.8. The number of cyclic esters (lactones) is 1. The van der Waals surface area contributed by atoms with E-state index in [1.54, 1.807) is 23.2 Å². The van der Waals surface area contributed by atoms with E-state index in [-0.39, 0.29) is 17.8 Å². The number of thiazole rings is 1. The average Bonchev–Trinajstić information content (AvgIpc) is 3.30. The quantitative estimate of drug-likeness (QED) is 0.497. The molecule has 152 valence electrons. The highest BCUT2D eigenvalue weighted by Crippen LogP contribution is 2.41. The molecule has 1 atom stereocenters. The van der Waals surface area contributed by atoms with Crippen LogP contribution >= 0.6 is 11.3 Å². The molecule has 3 aromatic rings. The van der Waals surface area contributed by atoms with Gasteiger partial charge in [-0.25, -0.2) is 24.6 Å². The number of aryl methyl sites for hydroxylation is 2. The molecule has 30 heavy (non-hydrogen) atoms. The highest BCUT2D eigenvalue weighted by atomic mass is 32.1. The third-order valence-corrected chi connectivity index (χ3v) is 6.11. The van der Waals surface area contributed by atoms with E-state index in [0.29, 0.717) is 23.4 Å². The molecule has 1 fully saturated rings. The number of nitro benzene ring substituents is 1. The highest BCUT2D eigenvalue weighted by Gasteiger charge is 2.35. The summed E-state index contributed by atoms with van der Waals surface area (Å²) in [6.45, 7) is 2.27. The van der Waals surface area contributed by atoms with Gasteiger partial charge in [0.25, 0.3) is 5.69 Å². The first-order chi connectivity index (χ1) is 14.5. The fraction of sp³-hybridized carbons (Fsp3) is 0.263. The van der Waals surface area contributed by atoms with E-state index >= 15 is 0 Å². The molecule has 1 saturated heterocycles. The lowest BCUT2D eigenvalue weighted by Crippen LogP contribution is -2.30. The van der Waals surface area contributed by atoms with Crippen LogP contribution in [-0.4, -0.2) is 38.6 Å². The van der Waals surface area contributed by atoms with Gasteiger partial charge < -0.3 is 10.1 Å². The summed E-state index contributed by atoms with van der Waals surface area (Å²) in [5.41, 5.74) is 3.18. The van der Waals surface area contributed by atoms with Crippen LogP contribution in [0.2, 0.25) is 0 Å². The second kappa shape index (κ2) is 7.02. The smallest absolute Gasteiger partial charge is 0.416 e. The van der Waals surface area contributed by atoms with Gasteiger partial charge in [-0.3, -0.25) is 10.1 Å². The fourth-order valence-corrected chi connectivity index (χ4v) is 4.74. The van der Waals surface area contributed by atoms with Crippen molar-refractivity contribution < 1.29 is 14.5 Å². The molecule has 1 N–H and O–H groups in total. The van der Waals surface area contributed by atoms with Crippen molar-refractivity contribution in [3.8, 4) is 10.6 Å². The van der Waals surface area contributed by atoms with Crippen molar-refractivity contribution in [2.75, 3.05) is 16.8 Å². The number of nitrogens with zero attached hydrogens (tertiary/aromatic N) is 5. The number of benzene rings is 1. The number of hydrogen-bond acceptors (Lipinski definition) is 9. The van der Waals surface area contributed by atoms with Crippen LogP contribution in [0.25, 0.3) is 10.6 Å². The van der Waals surface area contributed by atoms with E-state index < -0.39 is 4.92 Å². The predicted octanol–water partition coefficient (Wildman–Crippen LogP) is 3.70. The number of fused-ring (bicyclic) bond motifs is 3. The Morgan fingerprint density at radius 2 is 2.20 bits per heavy atom. The molecule has 5 rings (SSSR count). The minimum atomic E-state index is -0.450. The second-order valence-corrected chi connectivity index (χ2v) is 8.05. The zero-order valence-corrected chi connectivity index (χ0v) is 16.7. The minimum absolute atomic E-state index is 0.0148. The molecule has 0 bridgehead atoms. The second-order valence-electron chi connectivity index (χ2n) is 7.07. The summed E-state index contributed by atoms with van der Waals surface area (Å²) in [6, 6.07) is 6.10. The van der Waals surface area contributed by atoms with Gasteiger partial charge in [-0.05, 0) is 31.4 Å². The number of ether oxygens (including phenoxy) is 1. The van der Waals surface area contributed by atoms with E-state index in [4.69, 9.17) is 4.74 Å². The summed E-state index contributed by atoms with van der Waals surface area (Å²) >= 11 is 1.41. The number of nitro groups is 1. The Morgan fingerprint density at radius 3 is 2.97 bits per heavy atom. The number of carbonyl (C=O) groups excluding carboxylic acids is 1. The van der Waals surface area contributed by atoms with Crippen molar-refractivity contribution in [2.45, 2.75) is 25.8 Å². The van der Waals surface area contributed by atoms with E-state index in [1.165, 1.54) is 23.5 Å². The lowest BCUT2D eigenvalue weighted by molar-refractivity contribution is -0.384. The molecular formula is C19H16N6O4S. The maximum absolute atomic E-state index is 12.1. The summed E-state index contributed by atoms with van der Waals surface area (Å²) in [5.74, 6) is 0.339. The number of carbonyl (C=O) groups is 1. The maximum Gasteiger partial charge on any atom is 0.416 e. The predicted molar refractivity (Wildman–Crippen MR) is 110 cm³/mol. The molecule has 0 radical (unpaired) electrons. The Kier molecular flexibility index (Phi) is 4.31. The molecule has 1 unspecified atom stereocenters. The molecule has 1 amide bonds. The zero-order valence-electron chi connectivity index (χ0n) is 15.9. The van der Waals surface area contributed by atoms with Crippen LogP contribution < -0.4 is 10.2 Å². The summed E-state index contributed by atoms with van der Waals surface area (Å²) in [7, 11) is 0. The average molecular weight is 424 g/mol. The Hall–Kier alpha value is -3.60. The van der Waals surface area contributed by atoms with E-state index in [1.807, 2.05) is 6.92 Å². The third-order valence-electron chi connectivity index (χ3n) is 5.00. The number of anilines is 3. The topological polar surface area (TPSA) is 123 Å². The third kappa shape index (κ3) is 3.12. The van der Waals surface area contributed by atoms with E-state index in [0.717, 1.165) is 34.7 Å². The minimum Gasteiger partial charge on any atom is -0.447 e. The largest absolute Gasteiger partial charge is 0.447 e. The lowest BCUT2D eigenvalue weighted by atomic mass is 10.00. The van der Waals surface area contributed by atoms with Gasteiger partial charge in [0.2, 0.25) is 5.95 Å². The van der Waals surface area contributed by atoms with E-state index in [2.05, 4.69) is 20.3 Å².